The molecule has 114 valence electrons. The lowest BCUT2D eigenvalue weighted by atomic mass is 9.69. The molecular formula is C16H22ClN3O. The molecule has 1 aromatic heterocycles. The van der Waals surface area contributed by atoms with Crippen molar-refractivity contribution in [3.05, 3.63) is 47.5 Å². The second-order valence-corrected chi connectivity index (χ2v) is 6.60. The first-order valence-electron chi connectivity index (χ1n) is 7.15. The smallest absolute Gasteiger partial charge is 0.137 e. The molecule has 21 heavy (non-hydrogen) atoms. The lowest BCUT2D eigenvalue weighted by molar-refractivity contribution is -0.0851. The summed E-state index contributed by atoms with van der Waals surface area (Å²) >= 11 is 5.93. The van der Waals surface area contributed by atoms with E-state index in [4.69, 9.17) is 11.6 Å². The summed E-state index contributed by atoms with van der Waals surface area (Å²) in [6, 6.07) is 7.79. The molecule has 2 rings (SSSR count). The summed E-state index contributed by atoms with van der Waals surface area (Å²) < 4.78 is 1.69. The first-order valence-corrected chi connectivity index (χ1v) is 7.53. The van der Waals surface area contributed by atoms with E-state index in [-0.39, 0.29) is 5.41 Å². The van der Waals surface area contributed by atoms with Crippen molar-refractivity contribution in [1.29, 1.82) is 0 Å². The molecule has 0 amide bonds. The van der Waals surface area contributed by atoms with Crippen LogP contribution in [0.1, 0.15) is 32.8 Å². The van der Waals surface area contributed by atoms with Gasteiger partial charge < -0.3 is 5.11 Å². The summed E-state index contributed by atoms with van der Waals surface area (Å²) in [6.07, 6.45) is 4.54. The molecule has 1 atom stereocenters. The Morgan fingerprint density at radius 2 is 1.90 bits per heavy atom. The van der Waals surface area contributed by atoms with E-state index in [1.165, 1.54) is 6.33 Å². The molecule has 0 bridgehead atoms. The molecule has 4 nitrogen and oxygen atoms in total. The van der Waals surface area contributed by atoms with Gasteiger partial charge in [-0.15, -0.1) is 0 Å². The van der Waals surface area contributed by atoms with Gasteiger partial charge in [0.15, 0.2) is 0 Å². The maximum absolute atomic E-state index is 11.1. The minimum atomic E-state index is -0.861. The van der Waals surface area contributed by atoms with Crippen LogP contribution in [0.4, 0.5) is 0 Å². The highest BCUT2D eigenvalue weighted by Gasteiger charge is 2.42. The van der Waals surface area contributed by atoms with E-state index in [9.17, 15) is 5.11 Å². The third-order valence-corrected chi connectivity index (χ3v) is 4.55. The second kappa shape index (κ2) is 6.16. The fraction of sp³-hybridized carbons (Fsp3) is 0.500. The Hall–Kier alpha value is -1.39. The topological polar surface area (TPSA) is 50.9 Å². The van der Waals surface area contributed by atoms with Crippen LogP contribution in [0.15, 0.2) is 36.9 Å². The van der Waals surface area contributed by atoms with Gasteiger partial charge in [-0.2, -0.15) is 5.10 Å². The van der Waals surface area contributed by atoms with Gasteiger partial charge in [0.25, 0.3) is 0 Å². The average molecular weight is 308 g/mol. The van der Waals surface area contributed by atoms with Gasteiger partial charge in [0.2, 0.25) is 0 Å². The zero-order valence-corrected chi connectivity index (χ0v) is 13.5. The van der Waals surface area contributed by atoms with Crippen molar-refractivity contribution < 1.29 is 5.11 Å². The summed E-state index contributed by atoms with van der Waals surface area (Å²) in [5, 5.41) is 16.0. The number of hydrogen-bond donors (Lipinski definition) is 1. The van der Waals surface area contributed by atoms with Gasteiger partial charge in [-0.3, -0.25) is 4.68 Å². The summed E-state index contributed by atoms with van der Waals surface area (Å²) in [6.45, 7) is 6.61. The van der Waals surface area contributed by atoms with E-state index in [1.807, 2.05) is 31.2 Å². The van der Waals surface area contributed by atoms with Gasteiger partial charge in [-0.25, -0.2) is 4.98 Å². The SMILES string of the molecule is CCC(O)(Cn1cncn1)C(C)(C)Cc1ccc(Cl)cc1. The Morgan fingerprint density at radius 3 is 2.43 bits per heavy atom. The number of halogens is 1. The van der Waals surface area contributed by atoms with Crippen LogP contribution in [-0.4, -0.2) is 25.5 Å². The van der Waals surface area contributed by atoms with Gasteiger partial charge in [-0.05, 0) is 36.0 Å². The Morgan fingerprint density at radius 1 is 1.24 bits per heavy atom. The van der Waals surface area contributed by atoms with Crippen LogP contribution in [-0.2, 0) is 13.0 Å². The van der Waals surface area contributed by atoms with Crippen LogP contribution in [0.25, 0.3) is 0 Å². The molecule has 0 radical (unpaired) electrons. The standard InChI is InChI=1S/C16H22ClN3O/c1-4-16(21,10-20-12-18-11-19-20)15(2,3)9-13-5-7-14(17)8-6-13/h5-8,11-12,21H,4,9-10H2,1-3H3. The number of nitrogens with zero attached hydrogens (tertiary/aromatic N) is 3. The minimum Gasteiger partial charge on any atom is -0.387 e. The Kier molecular flexibility index (Phi) is 4.69. The van der Waals surface area contributed by atoms with Crippen LogP contribution in [0, 0.1) is 5.41 Å². The highest BCUT2D eigenvalue weighted by molar-refractivity contribution is 6.30. The van der Waals surface area contributed by atoms with Gasteiger partial charge in [-0.1, -0.05) is 44.5 Å². The molecule has 5 heteroatoms. The first-order chi connectivity index (χ1) is 9.86. The molecule has 1 unspecified atom stereocenters. The van der Waals surface area contributed by atoms with Gasteiger partial charge in [0, 0.05) is 5.02 Å². The minimum absolute atomic E-state index is 0.304. The van der Waals surface area contributed by atoms with Crippen LogP contribution < -0.4 is 0 Å². The first kappa shape index (κ1) is 16.0. The van der Waals surface area contributed by atoms with Crippen molar-refractivity contribution in [2.24, 2.45) is 5.41 Å². The fourth-order valence-electron chi connectivity index (χ4n) is 2.66. The number of aliphatic hydroxyl groups is 1. The molecule has 0 saturated heterocycles. The molecule has 1 heterocycles. The Bertz CT molecular complexity index is 566. The van der Waals surface area contributed by atoms with E-state index in [0.29, 0.717) is 13.0 Å². The van der Waals surface area contributed by atoms with Crippen LogP contribution >= 0.6 is 11.6 Å². The predicted octanol–water partition coefficient (Wildman–Crippen LogP) is 3.34. The fourth-order valence-corrected chi connectivity index (χ4v) is 2.79. The molecule has 1 aromatic carbocycles. The van der Waals surface area contributed by atoms with E-state index >= 15 is 0 Å². The van der Waals surface area contributed by atoms with Crippen molar-refractivity contribution in [2.45, 2.75) is 45.8 Å². The maximum Gasteiger partial charge on any atom is 0.137 e. The third kappa shape index (κ3) is 3.63. The monoisotopic (exact) mass is 307 g/mol. The van der Waals surface area contributed by atoms with Gasteiger partial charge >= 0.3 is 0 Å². The molecule has 2 aromatic rings. The third-order valence-electron chi connectivity index (χ3n) is 4.29. The maximum atomic E-state index is 11.1. The number of rotatable bonds is 6. The Balaban J connectivity index is 2.19. The summed E-state index contributed by atoms with van der Waals surface area (Å²) in [4.78, 5) is 3.94. The van der Waals surface area contributed by atoms with E-state index < -0.39 is 5.60 Å². The molecule has 0 aliphatic heterocycles. The van der Waals surface area contributed by atoms with Crippen molar-refractivity contribution in [2.75, 3.05) is 0 Å². The largest absolute Gasteiger partial charge is 0.387 e. The number of aromatic nitrogens is 3. The summed E-state index contributed by atoms with van der Waals surface area (Å²) in [7, 11) is 0. The van der Waals surface area contributed by atoms with Crippen LogP contribution in [0.5, 0.6) is 0 Å². The number of benzene rings is 1. The van der Waals surface area contributed by atoms with E-state index in [0.717, 1.165) is 17.0 Å². The van der Waals surface area contributed by atoms with Gasteiger partial charge in [0.05, 0.1) is 12.1 Å². The molecule has 1 N–H and O–H groups in total. The molecule has 0 saturated carbocycles. The molecular weight excluding hydrogens is 286 g/mol. The average Bonchev–Trinajstić information content (AvgIpc) is 2.93. The molecule has 0 aliphatic rings. The van der Waals surface area contributed by atoms with Crippen LogP contribution in [0.3, 0.4) is 0 Å². The highest BCUT2D eigenvalue weighted by Crippen LogP contribution is 2.38. The molecule has 0 aliphatic carbocycles. The lowest BCUT2D eigenvalue weighted by Crippen LogP contribution is -2.49. The molecule has 0 fully saturated rings. The van der Waals surface area contributed by atoms with E-state index in [1.54, 1.807) is 11.0 Å². The summed E-state index contributed by atoms with van der Waals surface area (Å²) in [5.74, 6) is 0. The zero-order chi connectivity index (χ0) is 15.5. The number of hydrogen-bond acceptors (Lipinski definition) is 3. The molecule has 0 spiro atoms. The Labute approximate surface area is 130 Å². The van der Waals surface area contributed by atoms with Crippen molar-refractivity contribution >= 4 is 11.6 Å². The predicted molar refractivity (Wildman–Crippen MR) is 84.2 cm³/mol. The normalized spacial score (nSPS) is 14.9. The van der Waals surface area contributed by atoms with Crippen molar-refractivity contribution in [1.82, 2.24) is 14.8 Å². The quantitative estimate of drug-likeness (QED) is 0.890. The van der Waals surface area contributed by atoms with Gasteiger partial charge in [0.1, 0.15) is 12.7 Å². The van der Waals surface area contributed by atoms with Crippen molar-refractivity contribution in [3.63, 3.8) is 0 Å². The van der Waals surface area contributed by atoms with E-state index in [2.05, 4.69) is 23.9 Å². The van der Waals surface area contributed by atoms with Crippen molar-refractivity contribution in [3.8, 4) is 0 Å². The zero-order valence-electron chi connectivity index (χ0n) is 12.8. The summed E-state index contributed by atoms with van der Waals surface area (Å²) in [5.41, 5.74) is -0.00290. The second-order valence-electron chi connectivity index (χ2n) is 6.17. The van der Waals surface area contributed by atoms with Crippen LogP contribution in [0.2, 0.25) is 5.02 Å². The highest BCUT2D eigenvalue weighted by atomic mass is 35.5. The lowest BCUT2D eigenvalue weighted by Gasteiger charge is -2.42.